The lowest BCUT2D eigenvalue weighted by molar-refractivity contribution is -0.117. The van der Waals surface area contributed by atoms with Gasteiger partial charge in [-0.3, -0.25) is 9.59 Å². The van der Waals surface area contributed by atoms with Gasteiger partial charge in [0, 0.05) is 17.3 Å². The average molecular weight is 448 g/mol. The van der Waals surface area contributed by atoms with Crippen molar-refractivity contribution in [2.24, 2.45) is 0 Å². The molecular formula is C29H21FN2O2. The van der Waals surface area contributed by atoms with E-state index >= 15 is 0 Å². The lowest BCUT2D eigenvalue weighted by Gasteiger charge is -2.19. The van der Waals surface area contributed by atoms with Gasteiger partial charge in [0.1, 0.15) is 11.5 Å². The molecule has 1 amide bonds. The molecular weight excluding hydrogens is 427 g/mol. The van der Waals surface area contributed by atoms with Gasteiger partial charge in [-0.05, 0) is 47.0 Å². The average Bonchev–Trinajstić information content (AvgIpc) is 3.27. The summed E-state index contributed by atoms with van der Waals surface area (Å²) >= 11 is 0. The molecule has 166 valence electrons. The first-order valence-electron chi connectivity index (χ1n) is 10.9. The third kappa shape index (κ3) is 4.11. The van der Waals surface area contributed by atoms with Crippen LogP contribution in [-0.2, 0) is 4.79 Å². The minimum absolute atomic E-state index is 0.236. The molecule has 0 unspecified atom stereocenters. The molecule has 1 N–H and O–H groups in total. The second-order valence-corrected chi connectivity index (χ2v) is 7.97. The van der Waals surface area contributed by atoms with E-state index in [0.717, 1.165) is 16.6 Å². The van der Waals surface area contributed by atoms with Gasteiger partial charge < -0.3 is 9.72 Å². The lowest BCUT2D eigenvalue weighted by atomic mass is 9.98. The van der Waals surface area contributed by atoms with E-state index in [9.17, 15) is 14.0 Å². The van der Waals surface area contributed by atoms with E-state index in [4.69, 9.17) is 0 Å². The van der Waals surface area contributed by atoms with E-state index < -0.39 is 17.7 Å². The van der Waals surface area contributed by atoms with Crippen LogP contribution in [0.1, 0.15) is 27.7 Å². The van der Waals surface area contributed by atoms with Crippen LogP contribution in [0.25, 0.3) is 16.6 Å². The Morgan fingerprint density at radius 3 is 1.94 bits per heavy atom. The summed E-state index contributed by atoms with van der Waals surface area (Å²) < 4.78 is 15.2. The second kappa shape index (κ2) is 9.16. The monoisotopic (exact) mass is 448 g/mol. The third-order valence-corrected chi connectivity index (χ3v) is 5.80. The summed E-state index contributed by atoms with van der Waals surface area (Å²) in [7, 11) is 0. The van der Waals surface area contributed by atoms with Crippen LogP contribution in [-0.4, -0.2) is 16.1 Å². The first kappa shape index (κ1) is 21.3. The van der Waals surface area contributed by atoms with Crippen LogP contribution in [0.3, 0.4) is 0 Å². The van der Waals surface area contributed by atoms with Gasteiger partial charge in [0.25, 0.3) is 11.7 Å². The Bertz CT molecular complexity index is 1420. The van der Waals surface area contributed by atoms with Crippen LogP contribution in [0.2, 0.25) is 0 Å². The number of rotatable bonds is 6. The molecule has 0 spiro atoms. The second-order valence-electron chi connectivity index (χ2n) is 7.97. The minimum Gasteiger partial charge on any atom is -0.338 e. The first-order valence-corrected chi connectivity index (χ1v) is 10.9. The molecule has 0 bridgehead atoms. The maximum absolute atomic E-state index is 13.6. The molecule has 5 aromatic rings. The van der Waals surface area contributed by atoms with E-state index in [1.165, 1.54) is 12.1 Å². The van der Waals surface area contributed by atoms with Crippen LogP contribution in [0, 0.1) is 5.82 Å². The number of nitrogens with zero attached hydrogens (tertiary/aromatic N) is 1. The van der Waals surface area contributed by atoms with Crippen molar-refractivity contribution in [3.05, 3.63) is 138 Å². The number of halogens is 1. The number of Topliss-reactive ketones (excluding diaryl/α,β-unsaturated/α-hetero) is 1. The van der Waals surface area contributed by atoms with Crippen LogP contribution in [0.15, 0.2) is 115 Å². The third-order valence-electron chi connectivity index (χ3n) is 5.80. The van der Waals surface area contributed by atoms with Gasteiger partial charge in [0.2, 0.25) is 0 Å². The van der Waals surface area contributed by atoms with Gasteiger partial charge in [-0.2, -0.15) is 0 Å². The molecule has 0 radical (unpaired) electrons. The SMILES string of the molecule is O=C(NC(c1ccccc1)c1ccccc1)C(=O)c1c(-c2ccc(F)cc2)cc2ccccn12. The molecule has 2 aromatic heterocycles. The molecule has 3 aromatic carbocycles. The zero-order chi connectivity index (χ0) is 23.5. The molecule has 4 nitrogen and oxygen atoms in total. The Morgan fingerprint density at radius 1 is 0.735 bits per heavy atom. The highest BCUT2D eigenvalue weighted by molar-refractivity contribution is 6.43. The van der Waals surface area contributed by atoms with Gasteiger partial charge in [-0.1, -0.05) is 78.9 Å². The number of fused-ring (bicyclic) bond motifs is 1. The van der Waals surface area contributed by atoms with E-state index in [-0.39, 0.29) is 11.5 Å². The molecule has 0 fully saturated rings. The highest BCUT2D eigenvalue weighted by Gasteiger charge is 2.27. The van der Waals surface area contributed by atoms with E-state index in [2.05, 4.69) is 5.32 Å². The number of aromatic nitrogens is 1. The summed E-state index contributed by atoms with van der Waals surface area (Å²) in [4.78, 5) is 26.9. The standard InChI is InChI=1S/C29H21FN2O2/c30-23-16-14-20(15-17-23)25-19-24-13-7-8-18-32(24)27(25)28(33)29(34)31-26(21-9-3-1-4-10-21)22-11-5-2-6-12-22/h1-19,26H,(H,31,34). The smallest absolute Gasteiger partial charge is 0.294 e. The summed E-state index contributed by atoms with van der Waals surface area (Å²) in [5, 5.41) is 2.93. The fourth-order valence-corrected chi connectivity index (χ4v) is 4.16. The fourth-order valence-electron chi connectivity index (χ4n) is 4.16. The number of carbonyl (C=O) groups excluding carboxylic acids is 2. The molecule has 2 heterocycles. The largest absolute Gasteiger partial charge is 0.338 e. The topological polar surface area (TPSA) is 50.6 Å². The molecule has 0 atom stereocenters. The Labute approximate surface area is 196 Å². The quantitative estimate of drug-likeness (QED) is 0.262. The summed E-state index contributed by atoms with van der Waals surface area (Å²) in [5.74, 6) is -1.75. The summed E-state index contributed by atoms with van der Waals surface area (Å²) in [5.41, 5.74) is 3.97. The van der Waals surface area contributed by atoms with Crippen molar-refractivity contribution in [2.45, 2.75) is 6.04 Å². The fraction of sp³-hybridized carbons (Fsp3) is 0.0345. The Balaban J connectivity index is 1.55. The van der Waals surface area contributed by atoms with Gasteiger partial charge >= 0.3 is 0 Å². The highest BCUT2D eigenvalue weighted by Crippen LogP contribution is 2.29. The zero-order valence-corrected chi connectivity index (χ0v) is 18.2. The van der Waals surface area contributed by atoms with Crippen molar-refractivity contribution in [1.82, 2.24) is 9.72 Å². The Kier molecular flexibility index (Phi) is 5.75. The Morgan fingerprint density at radius 2 is 1.32 bits per heavy atom. The number of hydrogen-bond acceptors (Lipinski definition) is 2. The Hall–Kier alpha value is -4.51. The van der Waals surface area contributed by atoms with Crippen molar-refractivity contribution < 1.29 is 14.0 Å². The molecule has 34 heavy (non-hydrogen) atoms. The molecule has 0 saturated heterocycles. The van der Waals surface area contributed by atoms with Crippen molar-refractivity contribution in [2.75, 3.05) is 0 Å². The van der Waals surface area contributed by atoms with Gasteiger partial charge in [-0.25, -0.2) is 4.39 Å². The van der Waals surface area contributed by atoms with Crippen LogP contribution >= 0.6 is 0 Å². The predicted molar refractivity (Wildman–Crippen MR) is 130 cm³/mol. The molecule has 5 rings (SSSR count). The van der Waals surface area contributed by atoms with Crippen molar-refractivity contribution in [1.29, 1.82) is 0 Å². The molecule has 0 aliphatic rings. The first-order chi connectivity index (χ1) is 16.6. The number of ketones is 1. The molecule has 0 aliphatic carbocycles. The predicted octanol–water partition coefficient (Wildman–Crippen LogP) is 5.83. The minimum atomic E-state index is -0.718. The van der Waals surface area contributed by atoms with Gasteiger partial charge in [0.05, 0.1) is 6.04 Å². The molecule has 5 heteroatoms. The van der Waals surface area contributed by atoms with Crippen molar-refractivity contribution >= 4 is 17.2 Å². The van der Waals surface area contributed by atoms with E-state index in [1.54, 1.807) is 28.8 Å². The lowest BCUT2D eigenvalue weighted by Crippen LogP contribution is -2.35. The number of hydrogen-bond donors (Lipinski definition) is 1. The van der Waals surface area contributed by atoms with Crippen molar-refractivity contribution in [3.8, 4) is 11.1 Å². The summed E-state index contributed by atoms with van der Waals surface area (Å²) in [6.45, 7) is 0. The maximum Gasteiger partial charge on any atom is 0.294 e. The van der Waals surface area contributed by atoms with Crippen molar-refractivity contribution in [3.63, 3.8) is 0 Å². The number of nitrogens with one attached hydrogen (secondary N) is 1. The molecule has 0 saturated carbocycles. The van der Waals surface area contributed by atoms with Gasteiger partial charge in [-0.15, -0.1) is 0 Å². The summed E-state index contributed by atoms with van der Waals surface area (Å²) in [6, 6.07) is 31.8. The van der Waals surface area contributed by atoms with Crippen LogP contribution in [0.4, 0.5) is 4.39 Å². The zero-order valence-electron chi connectivity index (χ0n) is 18.2. The number of amides is 1. The normalized spacial score (nSPS) is 11.0. The van der Waals surface area contributed by atoms with Crippen LogP contribution in [0.5, 0.6) is 0 Å². The summed E-state index contributed by atoms with van der Waals surface area (Å²) in [6.07, 6.45) is 1.74. The van der Waals surface area contributed by atoms with Gasteiger partial charge in [0.15, 0.2) is 0 Å². The highest BCUT2D eigenvalue weighted by atomic mass is 19.1. The number of pyridine rings is 1. The molecule has 0 aliphatic heterocycles. The number of benzene rings is 3. The number of carbonyl (C=O) groups is 2. The van der Waals surface area contributed by atoms with E-state index in [0.29, 0.717) is 11.1 Å². The van der Waals surface area contributed by atoms with Crippen LogP contribution < -0.4 is 5.32 Å². The van der Waals surface area contributed by atoms with E-state index in [1.807, 2.05) is 78.9 Å². The maximum atomic E-state index is 13.6.